The van der Waals surface area contributed by atoms with E-state index in [1.54, 1.807) is 6.26 Å². The van der Waals surface area contributed by atoms with Crippen molar-refractivity contribution in [2.45, 2.75) is 13.0 Å². The van der Waals surface area contributed by atoms with Gasteiger partial charge in [0.1, 0.15) is 5.76 Å². The van der Waals surface area contributed by atoms with Gasteiger partial charge in [0.25, 0.3) is 0 Å². The van der Waals surface area contributed by atoms with Crippen molar-refractivity contribution >= 4 is 17.3 Å². The minimum atomic E-state index is -0.0397. The second-order valence-electron chi connectivity index (χ2n) is 3.86. The van der Waals surface area contributed by atoms with Gasteiger partial charge in [-0.2, -0.15) is 0 Å². The van der Waals surface area contributed by atoms with Crippen LogP contribution in [0.15, 0.2) is 41.0 Å². The van der Waals surface area contributed by atoms with E-state index in [1.165, 1.54) is 0 Å². The van der Waals surface area contributed by atoms with Gasteiger partial charge in [0.2, 0.25) is 0 Å². The van der Waals surface area contributed by atoms with Crippen LogP contribution in [-0.4, -0.2) is 6.54 Å². The largest absolute Gasteiger partial charge is 0.467 e. The van der Waals surface area contributed by atoms with E-state index in [0.717, 1.165) is 22.0 Å². The third-order valence-electron chi connectivity index (χ3n) is 2.72. The molecule has 1 aromatic carbocycles. The lowest BCUT2D eigenvalue weighted by Gasteiger charge is -2.18. The summed E-state index contributed by atoms with van der Waals surface area (Å²) >= 11 is 6.07. The zero-order valence-corrected chi connectivity index (χ0v) is 10.4. The maximum Gasteiger partial charge on any atom is 0.127 e. The molecule has 0 amide bonds. The maximum absolute atomic E-state index is 6.07. The molecule has 0 aliphatic carbocycles. The predicted octanol–water partition coefficient (Wildman–Crippen LogP) is 3.35. The molecule has 2 aromatic rings. The summed E-state index contributed by atoms with van der Waals surface area (Å²) < 4.78 is 5.35. The minimum absolute atomic E-state index is 0.0397. The lowest BCUT2D eigenvalue weighted by Crippen LogP contribution is -2.20. The first-order valence-corrected chi connectivity index (χ1v) is 5.85. The van der Waals surface area contributed by atoms with E-state index >= 15 is 0 Å². The Bertz CT molecular complexity index is 482. The molecule has 0 aliphatic rings. The molecule has 3 N–H and O–H groups in total. The molecule has 0 saturated heterocycles. The number of nitrogens with two attached hydrogens (primary N) is 1. The van der Waals surface area contributed by atoms with Gasteiger partial charge < -0.3 is 15.5 Å². The molecule has 0 spiro atoms. The Balaban J connectivity index is 2.22. The summed E-state index contributed by atoms with van der Waals surface area (Å²) in [5.74, 6) is 0.826. The van der Waals surface area contributed by atoms with Crippen LogP contribution in [0.3, 0.4) is 0 Å². The quantitative estimate of drug-likeness (QED) is 0.875. The van der Waals surface area contributed by atoms with E-state index in [-0.39, 0.29) is 6.04 Å². The number of benzene rings is 1. The Labute approximate surface area is 106 Å². The summed E-state index contributed by atoms with van der Waals surface area (Å²) in [5, 5.41) is 4.08. The van der Waals surface area contributed by atoms with Gasteiger partial charge in [-0.05, 0) is 36.8 Å². The van der Waals surface area contributed by atoms with Crippen LogP contribution in [-0.2, 0) is 0 Å². The second-order valence-corrected chi connectivity index (χ2v) is 4.27. The molecule has 2 rings (SSSR count). The molecule has 90 valence electrons. The summed E-state index contributed by atoms with van der Waals surface area (Å²) in [6.45, 7) is 2.43. The molecule has 1 aromatic heterocycles. The van der Waals surface area contributed by atoms with Crippen molar-refractivity contribution in [1.82, 2.24) is 0 Å². The van der Waals surface area contributed by atoms with Gasteiger partial charge >= 0.3 is 0 Å². The van der Waals surface area contributed by atoms with E-state index in [2.05, 4.69) is 5.32 Å². The number of anilines is 1. The zero-order chi connectivity index (χ0) is 12.3. The average Bonchev–Trinajstić information content (AvgIpc) is 2.85. The van der Waals surface area contributed by atoms with E-state index in [0.29, 0.717) is 6.54 Å². The highest BCUT2D eigenvalue weighted by Gasteiger charge is 2.13. The number of hydrogen-bond donors (Lipinski definition) is 2. The molecular weight excluding hydrogens is 236 g/mol. The van der Waals surface area contributed by atoms with Crippen LogP contribution >= 0.6 is 11.6 Å². The van der Waals surface area contributed by atoms with Gasteiger partial charge in [-0.3, -0.25) is 0 Å². The smallest absolute Gasteiger partial charge is 0.127 e. The lowest BCUT2D eigenvalue weighted by molar-refractivity contribution is 0.481. The van der Waals surface area contributed by atoms with Gasteiger partial charge in [0.05, 0.1) is 12.3 Å². The maximum atomic E-state index is 6.07. The number of hydrogen-bond acceptors (Lipinski definition) is 3. The molecule has 0 aliphatic heterocycles. The summed E-state index contributed by atoms with van der Waals surface area (Å²) in [6, 6.07) is 9.48. The first kappa shape index (κ1) is 12.0. The Morgan fingerprint density at radius 3 is 2.82 bits per heavy atom. The first-order chi connectivity index (χ1) is 8.22. The topological polar surface area (TPSA) is 51.2 Å². The van der Waals surface area contributed by atoms with Crippen LogP contribution in [0, 0.1) is 6.92 Å². The third kappa shape index (κ3) is 2.62. The van der Waals surface area contributed by atoms with Gasteiger partial charge in [-0.15, -0.1) is 0 Å². The van der Waals surface area contributed by atoms with Crippen molar-refractivity contribution in [2.24, 2.45) is 5.73 Å². The van der Waals surface area contributed by atoms with Crippen molar-refractivity contribution in [3.63, 3.8) is 0 Å². The van der Waals surface area contributed by atoms with Gasteiger partial charge in [0, 0.05) is 17.3 Å². The van der Waals surface area contributed by atoms with Crippen LogP contribution in [0.5, 0.6) is 0 Å². The van der Waals surface area contributed by atoms with Crippen LogP contribution in [0.2, 0.25) is 5.02 Å². The third-order valence-corrected chi connectivity index (χ3v) is 3.13. The van der Waals surface area contributed by atoms with E-state index < -0.39 is 0 Å². The highest BCUT2D eigenvalue weighted by atomic mass is 35.5. The summed E-state index contributed by atoms with van der Waals surface area (Å²) in [4.78, 5) is 0. The fourth-order valence-corrected chi connectivity index (χ4v) is 1.86. The van der Waals surface area contributed by atoms with Crippen molar-refractivity contribution in [1.29, 1.82) is 0 Å². The molecule has 1 heterocycles. The Kier molecular flexibility index (Phi) is 3.71. The molecule has 3 nitrogen and oxygen atoms in total. The van der Waals surface area contributed by atoms with Crippen LogP contribution < -0.4 is 11.1 Å². The molecule has 0 radical (unpaired) electrons. The van der Waals surface area contributed by atoms with Crippen LogP contribution in [0.25, 0.3) is 0 Å². The van der Waals surface area contributed by atoms with Crippen molar-refractivity contribution < 1.29 is 4.42 Å². The summed E-state index contributed by atoms with van der Waals surface area (Å²) in [7, 11) is 0. The fourth-order valence-electron chi connectivity index (χ4n) is 1.69. The monoisotopic (exact) mass is 250 g/mol. The zero-order valence-electron chi connectivity index (χ0n) is 9.61. The molecule has 1 unspecified atom stereocenters. The molecule has 0 saturated carbocycles. The van der Waals surface area contributed by atoms with Gasteiger partial charge in [-0.25, -0.2) is 0 Å². The van der Waals surface area contributed by atoms with E-state index in [9.17, 15) is 0 Å². The molecule has 0 fully saturated rings. The average molecular weight is 251 g/mol. The highest BCUT2D eigenvalue weighted by Crippen LogP contribution is 2.26. The number of nitrogens with one attached hydrogen (secondary N) is 1. The molecule has 4 heteroatoms. The standard InChI is InChI=1S/C13H15ClN2O/c1-9-10(14)4-2-5-11(9)16-12(8-15)13-6-3-7-17-13/h2-7,12,16H,8,15H2,1H3. The van der Waals surface area contributed by atoms with Crippen molar-refractivity contribution in [3.8, 4) is 0 Å². The number of furan rings is 1. The minimum Gasteiger partial charge on any atom is -0.467 e. The predicted molar refractivity (Wildman–Crippen MR) is 70.3 cm³/mol. The highest BCUT2D eigenvalue weighted by molar-refractivity contribution is 6.31. The summed E-state index contributed by atoms with van der Waals surface area (Å²) in [6.07, 6.45) is 1.64. The fraction of sp³-hybridized carbons (Fsp3) is 0.231. The van der Waals surface area contributed by atoms with Crippen LogP contribution in [0.1, 0.15) is 17.4 Å². The van der Waals surface area contributed by atoms with Crippen molar-refractivity contribution in [2.75, 3.05) is 11.9 Å². The molecule has 17 heavy (non-hydrogen) atoms. The SMILES string of the molecule is Cc1c(Cl)cccc1NC(CN)c1ccco1. The Morgan fingerprint density at radius 1 is 1.35 bits per heavy atom. The first-order valence-electron chi connectivity index (χ1n) is 5.47. The molecule has 1 atom stereocenters. The van der Waals surface area contributed by atoms with Gasteiger partial charge in [0.15, 0.2) is 0 Å². The lowest BCUT2D eigenvalue weighted by atomic mass is 10.1. The van der Waals surface area contributed by atoms with Gasteiger partial charge in [-0.1, -0.05) is 17.7 Å². The Morgan fingerprint density at radius 2 is 2.18 bits per heavy atom. The second kappa shape index (κ2) is 5.25. The number of halogens is 1. The van der Waals surface area contributed by atoms with Crippen LogP contribution in [0.4, 0.5) is 5.69 Å². The Hall–Kier alpha value is -1.45. The normalized spacial score (nSPS) is 12.4. The molecular formula is C13H15ClN2O. The van der Waals surface area contributed by atoms with Crippen molar-refractivity contribution in [3.05, 3.63) is 52.9 Å². The van der Waals surface area contributed by atoms with E-state index in [1.807, 2.05) is 37.3 Å². The number of rotatable bonds is 4. The summed E-state index contributed by atoms with van der Waals surface area (Å²) in [5.41, 5.74) is 7.73. The molecule has 0 bridgehead atoms. The van der Waals surface area contributed by atoms with E-state index in [4.69, 9.17) is 21.8 Å².